The van der Waals surface area contributed by atoms with Crippen LogP contribution in [-0.2, 0) is 0 Å². The summed E-state index contributed by atoms with van der Waals surface area (Å²) in [6.45, 7) is 6.00. The molecule has 1 amide bonds. The third-order valence-electron chi connectivity index (χ3n) is 6.02. The minimum Gasteiger partial charge on any atom is -0.493 e. The van der Waals surface area contributed by atoms with Gasteiger partial charge in [-0.05, 0) is 49.9 Å². The number of ether oxygens (including phenoxy) is 1. The lowest BCUT2D eigenvalue weighted by atomic mass is 10.2. The van der Waals surface area contributed by atoms with Gasteiger partial charge in [-0.3, -0.25) is 9.78 Å². The number of likely N-dealkylation sites (N-methyl/N-ethyl adjacent to an activating group) is 1. The Morgan fingerprint density at radius 2 is 1.86 bits per heavy atom. The molecule has 4 aromatic rings. The molecule has 180 valence electrons. The fourth-order valence-corrected chi connectivity index (χ4v) is 4.06. The topological polar surface area (TPSA) is 99.3 Å². The van der Waals surface area contributed by atoms with Gasteiger partial charge < -0.3 is 24.8 Å². The quantitative estimate of drug-likeness (QED) is 0.421. The van der Waals surface area contributed by atoms with Gasteiger partial charge in [0.1, 0.15) is 11.4 Å². The molecule has 4 heterocycles. The first-order valence-electron chi connectivity index (χ1n) is 11.9. The molecule has 1 fully saturated rings. The molecular formula is C26H29N7O2. The molecule has 0 unspecified atom stereocenters. The van der Waals surface area contributed by atoms with E-state index in [2.05, 4.69) is 44.1 Å². The molecule has 0 aliphatic carbocycles. The van der Waals surface area contributed by atoms with Gasteiger partial charge in [-0.15, -0.1) is 0 Å². The molecule has 0 bridgehead atoms. The van der Waals surface area contributed by atoms with Gasteiger partial charge in [-0.2, -0.15) is 0 Å². The van der Waals surface area contributed by atoms with Gasteiger partial charge in [0.2, 0.25) is 5.95 Å². The largest absolute Gasteiger partial charge is 0.493 e. The highest BCUT2D eigenvalue weighted by Crippen LogP contribution is 2.25. The maximum Gasteiger partial charge on any atom is 0.270 e. The first-order valence-corrected chi connectivity index (χ1v) is 11.9. The molecule has 1 saturated heterocycles. The Balaban J connectivity index is 1.32. The van der Waals surface area contributed by atoms with Crippen LogP contribution < -0.4 is 10.1 Å². The summed E-state index contributed by atoms with van der Waals surface area (Å²) < 4.78 is 5.72. The van der Waals surface area contributed by atoms with Crippen molar-refractivity contribution in [2.24, 2.45) is 0 Å². The third-order valence-corrected chi connectivity index (χ3v) is 6.02. The molecule has 3 aromatic heterocycles. The fraction of sp³-hybridized carbons (Fsp3) is 0.308. The number of hydrogen-bond donors (Lipinski definition) is 2. The van der Waals surface area contributed by atoms with Crippen LogP contribution in [0.3, 0.4) is 0 Å². The van der Waals surface area contributed by atoms with E-state index in [-0.39, 0.29) is 5.91 Å². The summed E-state index contributed by atoms with van der Waals surface area (Å²) >= 11 is 0. The molecule has 1 aromatic carbocycles. The number of carbonyl (C=O) groups is 1. The lowest BCUT2D eigenvalue weighted by molar-refractivity contribution is 0.0659. The van der Waals surface area contributed by atoms with Crippen LogP contribution in [0, 0.1) is 0 Å². The van der Waals surface area contributed by atoms with Crippen LogP contribution in [0.5, 0.6) is 5.75 Å². The van der Waals surface area contributed by atoms with Crippen LogP contribution in [-0.4, -0.2) is 75.5 Å². The summed E-state index contributed by atoms with van der Waals surface area (Å²) in [6, 6.07) is 13.3. The van der Waals surface area contributed by atoms with Crippen molar-refractivity contribution in [1.82, 2.24) is 29.7 Å². The number of benzene rings is 1. The molecule has 0 spiro atoms. The Labute approximate surface area is 204 Å². The molecule has 35 heavy (non-hydrogen) atoms. The number of nitrogens with one attached hydrogen (secondary N) is 2. The highest BCUT2D eigenvalue weighted by Gasteiger charge is 2.21. The SMILES string of the molecule is CCCOc1ccnc(-c2ccnc(Nc3ccc4[nH]c(C(=O)N5CCN(C)CC5)cc4c3)n2)c1. The number of rotatable bonds is 7. The van der Waals surface area contributed by atoms with Crippen molar-refractivity contribution in [1.29, 1.82) is 0 Å². The van der Waals surface area contributed by atoms with Gasteiger partial charge in [-0.1, -0.05) is 6.92 Å². The number of carbonyl (C=O) groups excluding carboxylic acids is 1. The molecule has 5 rings (SSSR count). The highest BCUT2D eigenvalue weighted by molar-refractivity contribution is 5.98. The fourth-order valence-electron chi connectivity index (χ4n) is 4.06. The van der Waals surface area contributed by atoms with Crippen LogP contribution >= 0.6 is 0 Å². The van der Waals surface area contributed by atoms with E-state index in [1.165, 1.54) is 0 Å². The van der Waals surface area contributed by atoms with Gasteiger partial charge in [-0.25, -0.2) is 9.97 Å². The van der Waals surface area contributed by atoms with Crippen LogP contribution in [0.1, 0.15) is 23.8 Å². The number of aromatic nitrogens is 4. The van der Waals surface area contributed by atoms with E-state index >= 15 is 0 Å². The number of anilines is 2. The Bertz CT molecular complexity index is 1330. The summed E-state index contributed by atoms with van der Waals surface area (Å²) in [5.41, 5.74) is 3.77. The molecule has 9 nitrogen and oxygen atoms in total. The van der Waals surface area contributed by atoms with E-state index in [4.69, 9.17) is 4.74 Å². The van der Waals surface area contributed by atoms with Gasteiger partial charge in [0, 0.05) is 61.2 Å². The van der Waals surface area contributed by atoms with Crippen molar-refractivity contribution in [3.05, 3.63) is 60.6 Å². The monoisotopic (exact) mass is 471 g/mol. The second-order valence-corrected chi connectivity index (χ2v) is 8.70. The normalized spacial score (nSPS) is 14.3. The molecule has 0 radical (unpaired) electrons. The van der Waals surface area contributed by atoms with Gasteiger partial charge in [0.05, 0.1) is 18.0 Å². The zero-order chi connectivity index (χ0) is 24.2. The molecule has 9 heteroatoms. The van der Waals surface area contributed by atoms with E-state index < -0.39 is 0 Å². The molecule has 2 N–H and O–H groups in total. The second-order valence-electron chi connectivity index (χ2n) is 8.70. The maximum atomic E-state index is 12.9. The highest BCUT2D eigenvalue weighted by atomic mass is 16.5. The number of hydrogen-bond acceptors (Lipinski definition) is 7. The van der Waals surface area contributed by atoms with Crippen LogP contribution in [0.4, 0.5) is 11.6 Å². The summed E-state index contributed by atoms with van der Waals surface area (Å²) in [5, 5.41) is 4.22. The minimum atomic E-state index is 0.0393. The van der Waals surface area contributed by atoms with Gasteiger partial charge >= 0.3 is 0 Å². The van der Waals surface area contributed by atoms with E-state index in [0.29, 0.717) is 23.9 Å². The van der Waals surface area contributed by atoms with E-state index in [9.17, 15) is 4.79 Å². The Hall–Kier alpha value is -3.98. The third kappa shape index (κ3) is 5.25. The summed E-state index contributed by atoms with van der Waals surface area (Å²) in [5.74, 6) is 1.27. The number of fused-ring (bicyclic) bond motifs is 1. The molecular weight excluding hydrogens is 442 g/mol. The number of piperazine rings is 1. The Morgan fingerprint density at radius 3 is 2.69 bits per heavy atom. The molecule has 1 aliphatic rings. The standard InChI is InChI=1S/C26H29N7O2/c1-3-14-35-20-6-8-27-23(17-20)22-7-9-28-26(31-22)29-19-4-5-21-18(15-19)16-24(30-21)25(34)33-12-10-32(2)11-13-33/h4-9,15-17,30H,3,10-14H2,1-2H3,(H,28,29,31). The van der Waals surface area contributed by atoms with E-state index in [0.717, 1.165) is 60.6 Å². The van der Waals surface area contributed by atoms with Crippen molar-refractivity contribution >= 4 is 28.4 Å². The Kier molecular flexibility index (Phi) is 6.58. The van der Waals surface area contributed by atoms with Crippen molar-refractivity contribution in [2.45, 2.75) is 13.3 Å². The van der Waals surface area contributed by atoms with Crippen LogP contribution in [0.15, 0.2) is 54.9 Å². The summed E-state index contributed by atoms with van der Waals surface area (Å²) in [6.07, 6.45) is 4.36. The zero-order valence-corrected chi connectivity index (χ0v) is 20.0. The smallest absolute Gasteiger partial charge is 0.270 e. The van der Waals surface area contributed by atoms with Gasteiger partial charge in [0.15, 0.2) is 0 Å². The minimum absolute atomic E-state index is 0.0393. The first-order chi connectivity index (χ1) is 17.1. The number of nitrogens with zero attached hydrogens (tertiary/aromatic N) is 5. The number of aromatic amines is 1. The van der Waals surface area contributed by atoms with Crippen molar-refractivity contribution < 1.29 is 9.53 Å². The number of H-pyrrole nitrogens is 1. The predicted octanol–water partition coefficient (Wildman–Crippen LogP) is 3.94. The average Bonchev–Trinajstić information content (AvgIpc) is 3.31. The molecule has 1 aliphatic heterocycles. The van der Waals surface area contributed by atoms with Crippen LogP contribution in [0.2, 0.25) is 0 Å². The zero-order valence-electron chi connectivity index (χ0n) is 20.0. The first kappa shape index (κ1) is 22.8. The van der Waals surface area contributed by atoms with E-state index in [1.54, 1.807) is 12.4 Å². The molecule has 0 saturated carbocycles. The average molecular weight is 472 g/mol. The lowest BCUT2D eigenvalue weighted by Crippen LogP contribution is -2.47. The summed E-state index contributed by atoms with van der Waals surface area (Å²) in [7, 11) is 2.08. The number of amides is 1. The molecule has 0 atom stereocenters. The second kappa shape index (κ2) is 10.1. The maximum absolute atomic E-state index is 12.9. The van der Waals surface area contributed by atoms with E-state index in [1.807, 2.05) is 47.4 Å². The van der Waals surface area contributed by atoms with Crippen molar-refractivity contribution in [3.8, 4) is 17.1 Å². The van der Waals surface area contributed by atoms with Crippen molar-refractivity contribution in [2.75, 3.05) is 45.2 Å². The van der Waals surface area contributed by atoms with Crippen molar-refractivity contribution in [3.63, 3.8) is 0 Å². The Morgan fingerprint density at radius 1 is 1.03 bits per heavy atom. The van der Waals surface area contributed by atoms with Crippen LogP contribution in [0.25, 0.3) is 22.3 Å². The van der Waals surface area contributed by atoms with Gasteiger partial charge in [0.25, 0.3) is 5.91 Å². The predicted molar refractivity (Wildman–Crippen MR) is 136 cm³/mol. The lowest BCUT2D eigenvalue weighted by Gasteiger charge is -2.32. The summed E-state index contributed by atoms with van der Waals surface area (Å²) in [4.78, 5) is 33.7. The number of pyridine rings is 1.